The molecule has 0 radical (unpaired) electrons. The number of rotatable bonds is 3. The number of aliphatic carboxylic acids is 1. The Labute approximate surface area is 97.5 Å². The van der Waals surface area contributed by atoms with Gasteiger partial charge < -0.3 is 20.5 Å². The molecule has 17 heavy (non-hydrogen) atoms. The Kier molecular flexibility index (Phi) is 3.01. The molecule has 2 aliphatic heterocycles. The van der Waals surface area contributed by atoms with Gasteiger partial charge in [-0.3, -0.25) is 9.59 Å². The molecule has 0 saturated carbocycles. The molecule has 0 spiro atoms. The van der Waals surface area contributed by atoms with E-state index in [2.05, 4.69) is 10.6 Å². The van der Waals surface area contributed by atoms with Gasteiger partial charge in [0.25, 0.3) is 0 Å². The second kappa shape index (κ2) is 4.33. The lowest BCUT2D eigenvalue weighted by molar-refractivity contribution is -0.147. The number of amides is 2. The topological polar surface area (TPSA) is 105 Å². The number of hydrogen-bond donors (Lipinski definition) is 3. The third-order valence-corrected chi connectivity index (χ3v) is 3.11. The fourth-order valence-corrected chi connectivity index (χ4v) is 2.02. The molecule has 2 aliphatic rings. The standard InChI is InChI=1S/C10H14N2O5/c13-7-2-1-6(11-7)8(14)12-10(9(15)16)3-4-17-5-10/h6H,1-5H2,(H,11,13)(H,12,14)(H,15,16)/t6-,10?/m1/s1. The zero-order valence-corrected chi connectivity index (χ0v) is 9.19. The van der Waals surface area contributed by atoms with Crippen molar-refractivity contribution in [1.29, 1.82) is 0 Å². The van der Waals surface area contributed by atoms with Gasteiger partial charge in [0.15, 0.2) is 5.54 Å². The molecular formula is C10H14N2O5. The van der Waals surface area contributed by atoms with Crippen molar-refractivity contribution < 1.29 is 24.2 Å². The molecule has 0 aromatic carbocycles. The molecule has 2 fully saturated rings. The minimum Gasteiger partial charge on any atom is -0.479 e. The van der Waals surface area contributed by atoms with E-state index in [1.54, 1.807) is 0 Å². The maximum absolute atomic E-state index is 11.8. The highest BCUT2D eigenvalue weighted by atomic mass is 16.5. The van der Waals surface area contributed by atoms with Crippen LogP contribution in [0.25, 0.3) is 0 Å². The molecule has 2 amide bonds. The van der Waals surface area contributed by atoms with E-state index >= 15 is 0 Å². The lowest BCUT2D eigenvalue weighted by Gasteiger charge is -2.25. The predicted molar refractivity (Wildman–Crippen MR) is 55.1 cm³/mol. The number of ether oxygens (including phenoxy) is 1. The van der Waals surface area contributed by atoms with Crippen LogP contribution in [0.4, 0.5) is 0 Å². The zero-order valence-electron chi connectivity index (χ0n) is 9.19. The first-order chi connectivity index (χ1) is 8.03. The van der Waals surface area contributed by atoms with Crippen LogP contribution in [0.5, 0.6) is 0 Å². The van der Waals surface area contributed by atoms with Crippen molar-refractivity contribution in [2.75, 3.05) is 13.2 Å². The Morgan fingerprint density at radius 1 is 1.53 bits per heavy atom. The SMILES string of the molecule is O=C1CC[C@H](C(=O)NC2(C(=O)O)CCOC2)N1. The summed E-state index contributed by atoms with van der Waals surface area (Å²) in [6.45, 7) is 0.276. The van der Waals surface area contributed by atoms with Gasteiger partial charge in [-0.1, -0.05) is 0 Å². The van der Waals surface area contributed by atoms with Crippen LogP contribution in [0.1, 0.15) is 19.3 Å². The van der Waals surface area contributed by atoms with Crippen molar-refractivity contribution in [3.63, 3.8) is 0 Å². The largest absolute Gasteiger partial charge is 0.479 e. The van der Waals surface area contributed by atoms with Crippen LogP contribution in [0.2, 0.25) is 0 Å². The first-order valence-electron chi connectivity index (χ1n) is 5.46. The highest BCUT2D eigenvalue weighted by Crippen LogP contribution is 2.20. The molecule has 7 nitrogen and oxygen atoms in total. The quantitative estimate of drug-likeness (QED) is 0.566. The monoisotopic (exact) mass is 242 g/mol. The summed E-state index contributed by atoms with van der Waals surface area (Å²) in [6, 6.07) is -0.626. The highest BCUT2D eigenvalue weighted by Gasteiger charge is 2.45. The van der Waals surface area contributed by atoms with Crippen LogP contribution in [-0.2, 0) is 19.1 Å². The van der Waals surface area contributed by atoms with Crippen LogP contribution in [-0.4, -0.2) is 47.7 Å². The number of carboxylic acid groups (broad SMARTS) is 1. The fourth-order valence-electron chi connectivity index (χ4n) is 2.02. The van der Waals surface area contributed by atoms with E-state index in [-0.39, 0.29) is 18.9 Å². The zero-order chi connectivity index (χ0) is 12.5. The summed E-state index contributed by atoms with van der Waals surface area (Å²) < 4.78 is 5.02. The normalized spacial score (nSPS) is 32.2. The molecule has 7 heteroatoms. The Balaban J connectivity index is 2.01. The van der Waals surface area contributed by atoms with Crippen LogP contribution in [0, 0.1) is 0 Å². The van der Waals surface area contributed by atoms with Crippen LogP contribution >= 0.6 is 0 Å². The van der Waals surface area contributed by atoms with Crippen molar-refractivity contribution >= 4 is 17.8 Å². The van der Waals surface area contributed by atoms with Crippen molar-refractivity contribution in [2.24, 2.45) is 0 Å². The van der Waals surface area contributed by atoms with E-state index < -0.39 is 23.5 Å². The van der Waals surface area contributed by atoms with Crippen LogP contribution < -0.4 is 10.6 Å². The average molecular weight is 242 g/mol. The second-order valence-corrected chi connectivity index (χ2v) is 4.34. The molecule has 2 rings (SSSR count). The Morgan fingerprint density at radius 3 is 2.76 bits per heavy atom. The maximum Gasteiger partial charge on any atom is 0.331 e. The van der Waals surface area contributed by atoms with Crippen LogP contribution in [0.3, 0.4) is 0 Å². The van der Waals surface area contributed by atoms with Gasteiger partial charge in [-0.25, -0.2) is 4.79 Å². The predicted octanol–water partition coefficient (Wildman–Crippen LogP) is -1.38. The Bertz CT molecular complexity index is 362. The average Bonchev–Trinajstić information content (AvgIpc) is 2.87. The van der Waals surface area contributed by atoms with Gasteiger partial charge in [0.1, 0.15) is 6.04 Å². The molecule has 0 aromatic heterocycles. The molecule has 2 atom stereocenters. The number of carboxylic acids is 1. The molecule has 0 aliphatic carbocycles. The fraction of sp³-hybridized carbons (Fsp3) is 0.700. The number of hydrogen-bond acceptors (Lipinski definition) is 4. The highest BCUT2D eigenvalue weighted by molar-refractivity contribution is 5.94. The molecule has 94 valence electrons. The summed E-state index contributed by atoms with van der Waals surface area (Å²) in [5, 5.41) is 14.1. The van der Waals surface area contributed by atoms with Crippen LogP contribution in [0.15, 0.2) is 0 Å². The van der Waals surface area contributed by atoms with Gasteiger partial charge >= 0.3 is 5.97 Å². The summed E-state index contributed by atoms with van der Waals surface area (Å²) in [6.07, 6.45) is 0.949. The summed E-state index contributed by atoms with van der Waals surface area (Å²) in [7, 11) is 0. The molecule has 2 heterocycles. The van der Waals surface area contributed by atoms with Gasteiger partial charge in [-0.15, -0.1) is 0 Å². The molecule has 3 N–H and O–H groups in total. The Hall–Kier alpha value is -1.63. The molecule has 1 unspecified atom stereocenters. The molecule has 2 saturated heterocycles. The van der Waals surface area contributed by atoms with E-state index in [9.17, 15) is 14.4 Å². The molecular weight excluding hydrogens is 228 g/mol. The number of carbonyl (C=O) groups excluding carboxylic acids is 2. The van der Waals surface area contributed by atoms with Gasteiger partial charge in [-0.05, 0) is 6.42 Å². The summed E-state index contributed by atoms with van der Waals surface area (Å²) in [4.78, 5) is 33.9. The van der Waals surface area contributed by atoms with Gasteiger partial charge in [-0.2, -0.15) is 0 Å². The van der Waals surface area contributed by atoms with Gasteiger partial charge in [0, 0.05) is 19.4 Å². The van der Waals surface area contributed by atoms with E-state index in [1.165, 1.54) is 0 Å². The van der Waals surface area contributed by atoms with Crippen molar-refractivity contribution in [3.05, 3.63) is 0 Å². The van der Waals surface area contributed by atoms with Crippen molar-refractivity contribution in [2.45, 2.75) is 30.8 Å². The minimum atomic E-state index is -1.34. The second-order valence-electron chi connectivity index (χ2n) is 4.34. The van der Waals surface area contributed by atoms with Gasteiger partial charge in [0.05, 0.1) is 6.61 Å². The third kappa shape index (κ3) is 2.23. The lowest BCUT2D eigenvalue weighted by atomic mass is 9.98. The van der Waals surface area contributed by atoms with E-state index in [4.69, 9.17) is 9.84 Å². The summed E-state index contributed by atoms with van der Waals surface area (Å²) in [5.41, 5.74) is -1.34. The summed E-state index contributed by atoms with van der Waals surface area (Å²) in [5.74, 6) is -1.74. The smallest absolute Gasteiger partial charge is 0.331 e. The minimum absolute atomic E-state index is 0.0330. The first-order valence-corrected chi connectivity index (χ1v) is 5.46. The molecule has 0 aromatic rings. The van der Waals surface area contributed by atoms with E-state index in [1.807, 2.05) is 0 Å². The van der Waals surface area contributed by atoms with Gasteiger partial charge in [0.2, 0.25) is 11.8 Å². The Morgan fingerprint density at radius 2 is 2.29 bits per heavy atom. The van der Waals surface area contributed by atoms with Crippen molar-refractivity contribution in [3.8, 4) is 0 Å². The van der Waals surface area contributed by atoms with E-state index in [0.717, 1.165) is 0 Å². The van der Waals surface area contributed by atoms with E-state index in [0.29, 0.717) is 19.4 Å². The molecule has 0 bridgehead atoms. The third-order valence-electron chi connectivity index (χ3n) is 3.11. The lowest BCUT2D eigenvalue weighted by Crippen LogP contribution is -2.58. The number of nitrogens with one attached hydrogen (secondary N) is 2. The summed E-state index contributed by atoms with van der Waals surface area (Å²) >= 11 is 0. The number of carbonyl (C=O) groups is 3. The maximum atomic E-state index is 11.8. The first kappa shape index (κ1) is 11.8. The van der Waals surface area contributed by atoms with Crippen molar-refractivity contribution in [1.82, 2.24) is 10.6 Å².